The molecule has 0 amide bonds. The maximum Gasteiger partial charge on any atom is 0.320 e. The summed E-state index contributed by atoms with van der Waals surface area (Å²) in [7, 11) is 4.12. The fourth-order valence-corrected chi connectivity index (χ4v) is 3.08. The number of anilines is 1. The van der Waals surface area contributed by atoms with Gasteiger partial charge < -0.3 is 15.4 Å². The third kappa shape index (κ3) is 3.91. The molecule has 3 rings (SSSR count). The number of nitrogens with two attached hydrogens (primary N) is 1. The molecule has 0 aliphatic rings. The molecular formula is C17H21BrN6O. The molecule has 2 heterocycles. The average molecular weight is 405 g/mol. The molecule has 25 heavy (non-hydrogen) atoms. The number of fused-ring (bicyclic) bond motifs is 1. The van der Waals surface area contributed by atoms with Crippen LogP contribution in [0.25, 0.3) is 11.2 Å². The lowest BCUT2D eigenvalue weighted by atomic mass is 10.1. The van der Waals surface area contributed by atoms with Crippen molar-refractivity contribution in [2.24, 2.45) is 0 Å². The maximum absolute atomic E-state index is 6.00. The van der Waals surface area contributed by atoms with Crippen molar-refractivity contribution in [3.8, 4) is 6.01 Å². The van der Waals surface area contributed by atoms with E-state index in [4.69, 9.17) is 10.5 Å². The second-order valence-corrected chi connectivity index (χ2v) is 6.73. The Bertz CT molecular complexity index is 875. The van der Waals surface area contributed by atoms with Crippen molar-refractivity contribution in [1.82, 2.24) is 24.4 Å². The molecular weight excluding hydrogens is 384 g/mol. The van der Waals surface area contributed by atoms with E-state index >= 15 is 0 Å². The molecule has 0 aliphatic heterocycles. The summed E-state index contributed by atoms with van der Waals surface area (Å²) in [6.45, 7) is 3.90. The summed E-state index contributed by atoms with van der Waals surface area (Å²) in [6.07, 6.45) is 0. The molecule has 0 unspecified atom stereocenters. The Morgan fingerprint density at radius 3 is 2.44 bits per heavy atom. The number of ether oxygens (including phenoxy) is 1. The van der Waals surface area contributed by atoms with Gasteiger partial charge in [0, 0.05) is 6.54 Å². The molecule has 0 saturated carbocycles. The molecule has 0 atom stereocenters. The number of hydrogen-bond acceptors (Lipinski definition) is 6. The van der Waals surface area contributed by atoms with Gasteiger partial charge in [-0.25, -0.2) is 4.98 Å². The first kappa shape index (κ1) is 17.6. The molecule has 0 fully saturated rings. The molecule has 3 aromatic rings. The van der Waals surface area contributed by atoms with Crippen LogP contribution in [0.3, 0.4) is 0 Å². The van der Waals surface area contributed by atoms with Crippen molar-refractivity contribution >= 4 is 32.9 Å². The third-order valence-electron chi connectivity index (χ3n) is 3.69. The van der Waals surface area contributed by atoms with Crippen molar-refractivity contribution in [3.05, 3.63) is 40.1 Å². The second kappa shape index (κ2) is 7.37. The third-order valence-corrected chi connectivity index (χ3v) is 4.30. The Morgan fingerprint density at radius 2 is 1.80 bits per heavy atom. The SMILES string of the molecule is CCOc1nc(N)c2nc(Br)n(Cc3ccc(CN(C)C)cc3)c2n1. The fraction of sp³-hybridized carbons (Fsp3) is 0.353. The van der Waals surface area contributed by atoms with E-state index < -0.39 is 0 Å². The van der Waals surface area contributed by atoms with E-state index in [2.05, 4.69) is 74.1 Å². The van der Waals surface area contributed by atoms with E-state index in [1.54, 1.807) is 0 Å². The summed E-state index contributed by atoms with van der Waals surface area (Å²) in [5.41, 5.74) is 9.64. The molecule has 7 nitrogen and oxygen atoms in total. The predicted octanol–water partition coefficient (Wildman–Crippen LogP) is 2.68. The molecule has 2 N–H and O–H groups in total. The standard InChI is InChI=1S/C17H21BrN6O/c1-4-25-17-21-14(19)13-15(22-17)24(16(18)20-13)10-12-7-5-11(6-8-12)9-23(2)3/h5-8H,4,9-10H2,1-3H3,(H2,19,21,22). The van der Waals surface area contributed by atoms with E-state index in [0.29, 0.717) is 34.9 Å². The van der Waals surface area contributed by atoms with E-state index in [0.717, 1.165) is 12.1 Å². The van der Waals surface area contributed by atoms with Crippen molar-refractivity contribution in [2.75, 3.05) is 26.4 Å². The molecule has 0 bridgehead atoms. The van der Waals surface area contributed by atoms with Crippen LogP contribution in [0.5, 0.6) is 6.01 Å². The Balaban J connectivity index is 1.93. The van der Waals surface area contributed by atoms with Gasteiger partial charge >= 0.3 is 6.01 Å². The van der Waals surface area contributed by atoms with Crippen LogP contribution in [0.4, 0.5) is 5.82 Å². The average Bonchev–Trinajstić information content (AvgIpc) is 2.86. The number of nitrogen functional groups attached to an aromatic ring is 1. The zero-order chi connectivity index (χ0) is 18.0. The first-order valence-corrected chi connectivity index (χ1v) is 8.81. The van der Waals surface area contributed by atoms with Gasteiger partial charge in [0.1, 0.15) is 0 Å². The number of rotatable bonds is 6. The van der Waals surface area contributed by atoms with Crippen LogP contribution < -0.4 is 10.5 Å². The summed E-state index contributed by atoms with van der Waals surface area (Å²) in [4.78, 5) is 15.2. The highest BCUT2D eigenvalue weighted by Crippen LogP contribution is 2.25. The minimum Gasteiger partial charge on any atom is -0.464 e. The highest BCUT2D eigenvalue weighted by Gasteiger charge is 2.16. The normalized spacial score (nSPS) is 11.4. The van der Waals surface area contributed by atoms with Gasteiger partial charge in [0.05, 0.1) is 13.2 Å². The molecule has 0 radical (unpaired) electrons. The number of benzene rings is 1. The van der Waals surface area contributed by atoms with Crippen LogP contribution in [-0.2, 0) is 13.1 Å². The zero-order valence-electron chi connectivity index (χ0n) is 14.5. The van der Waals surface area contributed by atoms with Gasteiger partial charge in [-0.15, -0.1) is 0 Å². The predicted molar refractivity (Wildman–Crippen MR) is 102 cm³/mol. The summed E-state index contributed by atoms with van der Waals surface area (Å²) >= 11 is 3.49. The molecule has 2 aromatic heterocycles. The lowest BCUT2D eigenvalue weighted by Gasteiger charge is -2.11. The summed E-state index contributed by atoms with van der Waals surface area (Å²) in [5.74, 6) is 0.314. The molecule has 8 heteroatoms. The van der Waals surface area contributed by atoms with Crippen molar-refractivity contribution < 1.29 is 4.74 Å². The van der Waals surface area contributed by atoms with E-state index in [-0.39, 0.29) is 6.01 Å². The summed E-state index contributed by atoms with van der Waals surface area (Å²) in [6, 6.07) is 8.77. The Labute approximate surface area is 155 Å². The van der Waals surface area contributed by atoms with Crippen LogP contribution in [0, 0.1) is 0 Å². The summed E-state index contributed by atoms with van der Waals surface area (Å²) < 4.78 is 8.02. The number of nitrogens with zero attached hydrogens (tertiary/aromatic N) is 5. The fourth-order valence-electron chi connectivity index (χ4n) is 2.61. The molecule has 0 saturated heterocycles. The largest absolute Gasteiger partial charge is 0.464 e. The first-order valence-electron chi connectivity index (χ1n) is 8.02. The van der Waals surface area contributed by atoms with Crippen LogP contribution in [0.2, 0.25) is 0 Å². The van der Waals surface area contributed by atoms with Gasteiger partial charge in [0.25, 0.3) is 0 Å². The van der Waals surface area contributed by atoms with Gasteiger partial charge in [0.15, 0.2) is 21.7 Å². The minimum atomic E-state index is 0.266. The lowest BCUT2D eigenvalue weighted by Crippen LogP contribution is -2.10. The van der Waals surface area contributed by atoms with E-state index in [9.17, 15) is 0 Å². The molecule has 0 aliphatic carbocycles. The van der Waals surface area contributed by atoms with Gasteiger partial charge in [-0.2, -0.15) is 9.97 Å². The summed E-state index contributed by atoms with van der Waals surface area (Å²) in [5, 5.41) is 0. The van der Waals surface area contributed by atoms with Gasteiger partial charge in [-0.05, 0) is 48.1 Å². The Kier molecular flexibility index (Phi) is 5.19. The monoisotopic (exact) mass is 404 g/mol. The highest BCUT2D eigenvalue weighted by molar-refractivity contribution is 9.10. The van der Waals surface area contributed by atoms with E-state index in [1.807, 2.05) is 11.5 Å². The van der Waals surface area contributed by atoms with Gasteiger partial charge in [0.2, 0.25) is 0 Å². The van der Waals surface area contributed by atoms with Crippen LogP contribution in [0.1, 0.15) is 18.1 Å². The first-order chi connectivity index (χ1) is 12.0. The molecule has 0 spiro atoms. The quantitative estimate of drug-likeness (QED) is 0.635. The minimum absolute atomic E-state index is 0.266. The lowest BCUT2D eigenvalue weighted by molar-refractivity contribution is 0.314. The van der Waals surface area contributed by atoms with Crippen LogP contribution >= 0.6 is 15.9 Å². The number of aromatic nitrogens is 4. The zero-order valence-corrected chi connectivity index (χ0v) is 16.1. The van der Waals surface area contributed by atoms with Gasteiger partial charge in [-0.3, -0.25) is 4.57 Å². The smallest absolute Gasteiger partial charge is 0.320 e. The molecule has 1 aromatic carbocycles. The van der Waals surface area contributed by atoms with Gasteiger partial charge in [-0.1, -0.05) is 24.3 Å². The Hall–Kier alpha value is -2.19. The Morgan fingerprint density at radius 1 is 1.12 bits per heavy atom. The number of imidazole rings is 1. The van der Waals surface area contributed by atoms with E-state index in [1.165, 1.54) is 5.56 Å². The maximum atomic E-state index is 6.00. The topological polar surface area (TPSA) is 82.1 Å². The molecule has 132 valence electrons. The van der Waals surface area contributed by atoms with Crippen LogP contribution in [0.15, 0.2) is 29.0 Å². The number of hydrogen-bond donors (Lipinski definition) is 1. The number of halogens is 1. The van der Waals surface area contributed by atoms with Crippen molar-refractivity contribution in [1.29, 1.82) is 0 Å². The second-order valence-electron chi connectivity index (χ2n) is 6.02. The van der Waals surface area contributed by atoms with Crippen molar-refractivity contribution in [2.45, 2.75) is 20.0 Å². The highest BCUT2D eigenvalue weighted by atomic mass is 79.9. The van der Waals surface area contributed by atoms with Crippen molar-refractivity contribution in [3.63, 3.8) is 0 Å². The van der Waals surface area contributed by atoms with Crippen LogP contribution in [-0.4, -0.2) is 45.1 Å².